The van der Waals surface area contributed by atoms with E-state index >= 15 is 0 Å². The number of benzene rings is 1. The molecule has 2 heterocycles. The van der Waals surface area contributed by atoms with Gasteiger partial charge < -0.3 is 19.7 Å². The third kappa shape index (κ3) is 4.70. The molecule has 2 amide bonds. The quantitative estimate of drug-likeness (QED) is 0.841. The zero-order chi connectivity index (χ0) is 17.6. The first-order valence-electron chi connectivity index (χ1n) is 8.74. The smallest absolute Gasteiger partial charge is 0.337 e. The third-order valence-electron chi connectivity index (χ3n) is 4.70. The Morgan fingerprint density at radius 3 is 2.52 bits per heavy atom. The second-order valence-electron chi connectivity index (χ2n) is 6.42. The van der Waals surface area contributed by atoms with Crippen molar-refractivity contribution in [2.75, 3.05) is 51.8 Å². The minimum Gasteiger partial charge on any atom is -0.465 e. The van der Waals surface area contributed by atoms with Crippen molar-refractivity contribution in [2.24, 2.45) is 0 Å². The summed E-state index contributed by atoms with van der Waals surface area (Å²) >= 11 is 0. The van der Waals surface area contributed by atoms with Gasteiger partial charge in [0, 0.05) is 45.0 Å². The molecule has 1 atom stereocenters. The predicted molar refractivity (Wildman–Crippen MR) is 93.8 cm³/mol. The molecule has 2 aliphatic rings. The Bertz CT molecular complexity index is 591. The molecule has 2 fully saturated rings. The highest BCUT2D eigenvalue weighted by molar-refractivity contribution is 5.92. The van der Waals surface area contributed by atoms with Crippen LogP contribution in [0.5, 0.6) is 0 Å². The van der Waals surface area contributed by atoms with Crippen molar-refractivity contribution in [3.05, 3.63) is 29.8 Å². The molecule has 1 aromatic carbocycles. The summed E-state index contributed by atoms with van der Waals surface area (Å²) in [5.41, 5.74) is 1.13. The molecular formula is C18H25N3O4. The van der Waals surface area contributed by atoms with Gasteiger partial charge in [-0.25, -0.2) is 9.59 Å². The van der Waals surface area contributed by atoms with E-state index in [1.807, 2.05) is 4.90 Å². The Hall–Kier alpha value is -2.12. The van der Waals surface area contributed by atoms with Crippen molar-refractivity contribution < 1.29 is 19.1 Å². The molecule has 0 bridgehead atoms. The number of nitrogens with one attached hydrogen (secondary N) is 1. The van der Waals surface area contributed by atoms with Gasteiger partial charge >= 0.3 is 12.0 Å². The van der Waals surface area contributed by atoms with Crippen molar-refractivity contribution >= 4 is 17.7 Å². The van der Waals surface area contributed by atoms with Gasteiger partial charge in [0.1, 0.15) is 0 Å². The van der Waals surface area contributed by atoms with E-state index in [9.17, 15) is 9.59 Å². The minimum absolute atomic E-state index is 0.109. The van der Waals surface area contributed by atoms with E-state index in [0.29, 0.717) is 30.4 Å². The van der Waals surface area contributed by atoms with Crippen LogP contribution < -0.4 is 5.32 Å². The zero-order valence-electron chi connectivity index (χ0n) is 14.6. The number of anilines is 1. The van der Waals surface area contributed by atoms with Crippen LogP contribution in [0.1, 0.15) is 23.2 Å². The molecule has 25 heavy (non-hydrogen) atoms. The molecule has 2 saturated heterocycles. The number of nitrogens with zero attached hydrogens (tertiary/aromatic N) is 2. The SMILES string of the molecule is COC(=O)c1ccc(NC(=O)N2CCN(C[C@H]3CCCO3)CC2)cc1. The van der Waals surface area contributed by atoms with E-state index in [1.54, 1.807) is 24.3 Å². The average molecular weight is 347 g/mol. The lowest BCUT2D eigenvalue weighted by molar-refractivity contribution is 0.0571. The molecule has 7 nitrogen and oxygen atoms in total. The van der Waals surface area contributed by atoms with Gasteiger partial charge in [-0.2, -0.15) is 0 Å². The largest absolute Gasteiger partial charge is 0.465 e. The summed E-state index contributed by atoms with van der Waals surface area (Å²) in [6.07, 6.45) is 2.65. The number of hydrogen-bond acceptors (Lipinski definition) is 5. The fourth-order valence-corrected chi connectivity index (χ4v) is 3.22. The van der Waals surface area contributed by atoms with Gasteiger partial charge in [-0.1, -0.05) is 0 Å². The van der Waals surface area contributed by atoms with E-state index in [2.05, 4.69) is 15.0 Å². The highest BCUT2D eigenvalue weighted by atomic mass is 16.5. The predicted octanol–water partition coefficient (Wildman–Crippen LogP) is 1.80. The van der Waals surface area contributed by atoms with E-state index in [1.165, 1.54) is 7.11 Å². The van der Waals surface area contributed by atoms with Crippen LogP contribution in [0.25, 0.3) is 0 Å². The molecule has 0 radical (unpaired) electrons. The maximum atomic E-state index is 12.4. The molecule has 3 rings (SSSR count). The summed E-state index contributed by atoms with van der Waals surface area (Å²) in [7, 11) is 1.34. The van der Waals surface area contributed by atoms with E-state index < -0.39 is 0 Å². The van der Waals surface area contributed by atoms with Crippen molar-refractivity contribution in [1.29, 1.82) is 0 Å². The van der Waals surface area contributed by atoms with Gasteiger partial charge in [-0.3, -0.25) is 4.90 Å². The first-order valence-corrected chi connectivity index (χ1v) is 8.74. The van der Waals surface area contributed by atoms with E-state index in [4.69, 9.17) is 4.74 Å². The molecule has 0 aromatic heterocycles. The molecule has 136 valence electrons. The minimum atomic E-state index is -0.389. The van der Waals surface area contributed by atoms with Crippen molar-refractivity contribution in [3.63, 3.8) is 0 Å². The zero-order valence-corrected chi connectivity index (χ0v) is 14.6. The van der Waals surface area contributed by atoms with Crippen molar-refractivity contribution in [2.45, 2.75) is 18.9 Å². The number of esters is 1. The maximum absolute atomic E-state index is 12.4. The van der Waals surface area contributed by atoms with Crippen molar-refractivity contribution in [1.82, 2.24) is 9.80 Å². The van der Waals surface area contributed by atoms with Crippen LogP contribution in [-0.4, -0.2) is 74.3 Å². The van der Waals surface area contributed by atoms with Crippen LogP contribution in [0, 0.1) is 0 Å². The third-order valence-corrected chi connectivity index (χ3v) is 4.70. The Balaban J connectivity index is 1.45. The van der Waals surface area contributed by atoms with Gasteiger partial charge in [-0.05, 0) is 37.1 Å². The molecule has 0 saturated carbocycles. The summed E-state index contributed by atoms with van der Waals surface area (Å²) in [4.78, 5) is 28.0. The molecule has 0 unspecified atom stereocenters. The Labute approximate surface area is 147 Å². The molecule has 7 heteroatoms. The summed E-state index contributed by atoms with van der Waals surface area (Å²) in [6, 6.07) is 6.58. The number of rotatable bonds is 4. The van der Waals surface area contributed by atoms with Gasteiger partial charge in [-0.15, -0.1) is 0 Å². The Morgan fingerprint density at radius 1 is 1.20 bits per heavy atom. The van der Waals surface area contributed by atoms with Crippen LogP contribution in [0.4, 0.5) is 10.5 Å². The average Bonchev–Trinajstić information content (AvgIpc) is 3.15. The second-order valence-corrected chi connectivity index (χ2v) is 6.42. The van der Waals surface area contributed by atoms with Gasteiger partial charge in [0.05, 0.1) is 18.8 Å². The topological polar surface area (TPSA) is 71.1 Å². The van der Waals surface area contributed by atoms with Gasteiger partial charge in [0.25, 0.3) is 0 Å². The number of methoxy groups -OCH3 is 1. The number of hydrogen-bond donors (Lipinski definition) is 1. The highest BCUT2D eigenvalue weighted by Gasteiger charge is 2.24. The molecular weight excluding hydrogens is 322 g/mol. The van der Waals surface area contributed by atoms with Gasteiger partial charge in [0.15, 0.2) is 0 Å². The molecule has 0 spiro atoms. The fraction of sp³-hybridized carbons (Fsp3) is 0.556. The lowest BCUT2D eigenvalue weighted by Crippen LogP contribution is -2.51. The first-order chi connectivity index (χ1) is 12.2. The summed E-state index contributed by atoms with van der Waals surface area (Å²) in [5.74, 6) is -0.389. The summed E-state index contributed by atoms with van der Waals surface area (Å²) < 4.78 is 10.3. The van der Waals surface area contributed by atoms with Crippen molar-refractivity contribution in [3.8, 4) is 0 Å². The number of amides is 2. The Kier molecular flexibility index (Phi) is 5.88. The monoisotopic (exact) mass is 347 g/mol. The normalized spacial score (nSPS) is 21.2. The number of carbonyl (C=O) groups excluding carboxylic acids is 2. The van der Waals surface area contributed by atoms with Crippen LogP contribution in [0.3, 0.4) is 0 Å². The van der Waals surface area contributed by atoms with Gasteiger partial charge in [0.2, 0.25) is 0 Å². The summed E-state index contributed by atoms with van der Waals surface area (Å²) in [5, 5.41) is 2.88. The number of urea groups is 1. The van der Waals surface area contributed by atoms with E-state index in [0.717, 1.165) is 39.1 Å². The highest BCUT2D eigenvalue weighted by Crippen LogP contribution is 2.15. The number of piperazine rings is 1. The summed E-state index contributed by atoms with van der Waals surface area (Å²) in [6.45, 7) is 4.99. The molecule has 0 aliphatic carbocycles. The molecule has 2 aliphatic heterocycles. The first kappa shape index (κ1) is 17.7. The lowest BCUT2D eigenvalue weighted by Gasteiger charge is -2.35. The van der Waals surface area contributed by atoms with Crippen LogP contribution in [0.15, 0.2) is 24.3 Å². The van der Waals surface area contributed by atoms with Crippen LogP contribution >= 0.6 is 0 Å². The lowest BCUT2D eigenvalue weighted by atomic mass is 10.2. The Morgan fingerprint density at radius 2 is 1.92 bits per heavy atom. The van der Waals surface area contributed by atoms with Crippen LogP contribution in [-0.2, 0) is 9.47 Å². The molecule has 1 N–H and O–H groups in total. The maximum Gasteiger partial charge on any atom is 0.337 e. The second kappa shape index (κ2) is 8.31. The van der Waals surface area contributed by atoms with E-state index in [-0.39, 0.29) is 12.0 Å². The standard InChI is InChI=1S/C18H25N3O4/c1-24-17(22)14-4-6-15(7-5-14)19-18(23)21-10-8-20(9-11-21)13-16-3-2-12-25-16/h4-7,16H,2-3,8-13H2,1H3,(H,19,23)/t16-/m1/s1. The van der Waals surface area contributed by atoms with Crippen LogP contribution in [0.2, 0.25) is 0 Å². The molecule has 1 aromatic rings. The fourth-order valence-electron chi connectivity index (χ4n) is 3.22. The number of ether oxygens (including phenoxy) is 2. The number of carbonyl (C=O) groups is 2.